The molecule has 2 rings (SSSR count). The van der Waals surface area contributed by atoms with Crippen molar-refractivity contribution in [1.82, 2.24) is 4.90 Å². The summed E-state index contributed by atoms with van der Waals surface area (Å²) >= 11 is 0. The predicted molar refractivity (Wildman–Crippen MR) is 47.7 cm³/mol. The minimum Gasteiger partial charge on any atom is -0.339 e. The first kappa shape index (κ1) is 8.09. The smallest absolute Gasteiger partial charge is 0.222 e. The average molecular weight is 167 g/mol. The van der Waals surface area contributed by atoms with Crippen molar-refractivity contribution < 1.29 is 4.79 Å². The summed E-state index contributed by atoms with van der Waals surface area (Å²) < 4.78 is 0. The lowest BCUT2D eigenvalue weighted by Gasteiger charge is -2.22. The number of carbonyl (C=O) groups is 1. The molecule has 0 aromatic carbocycles. The van der Waals surface area contributed by atoms with Crippen LogP contribution in [0.5, 0.6) is 0 Å². The standard InChI is InChI=1S/C10H17NO/c1-7(2)8-5-6-11-9(8)3-4-10(11)12/h7-9H,3-6H2,1-2H3/t8-,9-/m1/s1. The molecule has 2 aliphatic rings. The van der Waals surface area contributed by atoms with Gasteiger partial charge in [-0.3, -0.25) is 4.79 Å². The van der Waals surface area contributed by atoms with E-state index in [9.17, 15) is 4.79 Å². The lowest BCUT2D eigenvalue weighted by atomic mass is 9.88. The summed E-state index contributed by atoms with van der Waals surface area (Å²) in [5.41, 5.74) is 0. The molecule has 0 saturated carbocycles. The molecule has 0 aromatic rings. The lowest BCUT2D eigenvalue weighted by molar-refractivity contribution is -0.128. The van der Waals surface area contributed by atoms with Gasteiger partial charge in [-0.05, 0) is 24.7 Å². The van der Waals surface area contributed by atoms with Crippen molar-refractivity contribution in [3.63, 3.8) is 0 Å². The van der Waals surface area contributed by atoms with Gasteiger partial charge in [0.1, 0.15) is 0 Å². The van der Waals surface area contributed by atoms with Crippen LogP contribution in [0.25, 0.3) is 0 Å². The van der Waals surface area contributed by atoms with E-state index >= 15 is 0 Å². The second-order valence-corrected chi connectivity index (χ2v) is 4.39. The number of hydrogen-bond donors (Lipinski definition) is 0. The molecule has 2 aliphatic heterocycles. The molecule has 2 heteroatoms. The largest absolute Gasteiger partial charge is 0.339 e. The fourth-order valence-electron chi connectivity index (χ4n) is 2.75. The Morgan fingerprint density at radius 3 is 2.83 bits per heavy atom. The molecule has 2 atom stereocenters. The molecular weight excluding hydrogens is 150 g/mol. The predicted octanol–water partition coefficient (Wildman–Crippen LogP) is 1.65. The quantitative estimate of drug-likeness (QED) is 0.581. The molecule has 2 fully saturated rings. The molecule has 0 unspecified atom stereocenters. The third-order valence-corrected chi connectivity index (χ3v) is 3.43. The van der Waals surface area contributed by atoms with Gasteiger partial charge in [0.05, 0.1) is 0 Å². The highest BCUT2D eigenvalue weighted by Gasteiger charge is 2.42. The second kappa shape index (κ2) is 2.75. The van der Waals surface area contributed by atoms with Crippen LogP contribution < -0.4 is 0 Å². The Labute approximate surface area is 73.9 Å². The van der Waals surface area contributed by atoms with Crippen LogP contribution >= 0.6 is 0 Å². The van der Waals surface area contributed by atoms with Crippen molar-refractivity contribution >= 4 is 5.91 Å². The molecule has 0 aromatic heterocycles. The Balaban J connectivity index is 2.10. The van der Waals surface area contributed by atoms with Gasteiger partial charge < -0.3 is 4.90 Å². The third kappa shape index (κ3) is 1.05. The fraction of sp³-hybridized carbons (Fsp3) is 0.900. The van der Waals surface area contributed by atoms with Crippen LogP contribution in [0.15, 0.2) is 0 Å². The van der Waals surface area contributed by atoms with E-state index in [0.717, 1.165) is 31.2 Å². The van der Waals surface area contributed by atoms with Crippen LogP contribution in [0.2, 0.25) is 0 Å². The Morgan fingerprint density at radius 1 is 1.42 bits per heavy atom. The first-order valence-corrected chi connectivity index (χ1v) is 4.99. The monoisotopic (exact) mass is 167 g/mol. The van der Waals surface area contributed by atoms with Gasteiger partial charge >= 0.3 is 0 Å². The third-order valence-electron chi connectivity index (χ3n) is 3.43. The van der Waals surface area contributed by atoms with Crippen molar-refractivity contribution in [3.8, 4) is 0 Å². The van der Waals surface area contributed by atoms with Crippen LogP contribution in [0.4, 0.5) is 0 Å². The number of nitrogens with zero attached hydrogens (tertiary/aromatic N) is 1. The zero-order chi connectivity index (χ0) is 8.72. The number of amides is 1. The van der Waals surface area contributed by atoms with E-state index in [2.05, 4.69) is 18.7 Å². The Bertz CT molecular complexity index is 200. The minimum absolute atomic E-state index is 0.392. The van der Waals surface area contributed by atoms with Crippen LogP contribution in [0.3, 0.4) is 0 Å². The number of fused-ring (bicyclic) bond motifs is 1. The summed E-state index contributed by atoms with van der Waals surface area (Å²) in [6, 6.07) is 0.595. The summed E-state index contributed by atoms with van der Waals surface area (Å²) in [5, 5.41) is 0. The van der Waals surface area contributed by atoms with E-state index in [1.54, 1.807) is 0 Å². The highest BCUT2D eigenvalue weighted by molar-refractivity contribution is 5.79. The molecule has 68 valence electrons. The van der Waals surface area contributed by atoms with Gasteiger partial charge in [-0.25, -0.2) is 0 Å². The van der Waals surface area contributed by atoms with E-state index in [4.69, 9.17) is 0 Å². The molecule has 2 nitrogen and oxygen atoms in total. The van der Waals surface area contributed by atoms with E-state index in [1.807, 2.05) is 0 Å². The maximum atomic E-state index is 11.3. The summed E-state index contributed by atoms with van der Waals surface area (Å²) in [6.45, 7) is 5.57. The summed E-state index contributed by atoms with van der Waals surface area (Å²) in [6.07, 6.45) is 3.14. The minimum atomic E-state index is 0.392. The van der Waals surface area contributed by atoms with Gasteiger partial charge in [0.2, 0.25) is 5.91 Å². The van der Waals surface area contributed by atoms with Gasteiger partial charge in [-0.15, -0.1) is 0 Å². The van der Waals surface area contributed by atoms with Crippen LogP contribution in [0.1, 0.15) is 33.1 Å². The van der Waals surface area contributed by atoms with Gasteiger partial charge in [-0.1, -0.05) is 13.8 Å². The summed E-state index contributed by atoms with van der Waals surface area (Å²) in [7, 11) is 0. The van der Waals surface area contributed by atoms with Gasteiger partial charge in [0.15, 0.2) is 0 Å². The van der Waals surface area contributed by atoms with Crippen LogP contribution in [0, 0.1) is 11.8 Å². The second-order valence-electron chi connectivity index (χ2n) is 4.39. The Morgan fingerprint density at radius 2 is 2.17 bits per heavy atom. The molecule has 0 N–H and O–H groups in total. The molecule has 2 saturated heterocycles. The number of carbonyl (C=O) groups excluding carboxylic acids is 1. The first-order valence-electron chi connectivity index (χ1n) is 4.99. The van der Waals surface area contributed by atoms with Crippen molar-refractivity contribution in [2.75, 3.05) is 6.54 Å². The van der Waals surface area contributed by atoms with Crippen LogP contribution in [-0.4, -0.2) is 23.4 Å². The average Bonchev–Trinajstić information content (AvgIpc) is 2.53. The fourth-order valence-corrected chi connectivity index (χ4v) is 2.75. The first-order chi connectivity index (χ1) is 5.70. The molecule has 2 heterocycles. The van der Waals surface area contributed by atoms with Gasteiger partial charge in [0, 0.05) is 19.0 Å². The lowest BCUT2D eigenvalue weighted by Crippen LogP contribution is -2.30. The maximum absolute atomic E-state index is 11.3. The van der Waals surface area contributed by atoms with Crippen molar-refractivity contribution in [1.29, 1.82) is 0 Å². The zero-order valence-electron chi connectivity index (χ0n) is 7.92. The summed E-state index contributed by atoms with van der Waals surface area (Å²) in [5.74, 6) is 1.91. The highest BCUT2D eigenvalue weighted by Crippen LogP contribution is 2.37. The van der Waals surface area contributed by atoms with E-state index in [1.165, 1.54) is 6.42 Å². The van der Waals surface area contributed by atoms with Crippen molar-refractivity contribution in [2.24, 2.45) is 11.8 Å². The zero-order valence-corrected chi connectivity index (χ0v) is 7.92. The SMILES string of the molecule is CC(C)[C@H]1CCN2C(=O)CC[C@H]12. The molecule has 1 amide bonds. The number of rotatable bonds is 1. The maximum Gasteiger partial charge on any atom is 0.222 e. The molecule has 0 spiro atoms. The van der Waals surface area contributed by atoms with Gasteiger partial charge in [0.25, 0.3) is 0 Å². The number of hydrogen-bond acceptors (Lipinski definition) is 1. The van der Waals surface area contributed by atoms with Crippen molar-refractivity contribution in [2.45, 2.75) is 39.2 Å². The van der Waals surface area contributed by atoms with Crippen molar-refractivity contribution in [3.05, 3.63) is 0 Å². The van der Waals surface area contributed by atoms with Gasteiger partial charge in [-0.2, -0.15) is 0 Å². The normalized spacial score (nSPS) is 34.9. The summed E-state index contributed by atoms with van der Waals surface area (Å²) in [4.78, 5) is 13.5. The Hall–Kier alpha value is -0.530. The molecular formula is C10H17NO. The van der Waals surface area contributed by atoms with E-state index < -0.39 is 0 Å². The highest BCUT2D eigenvalue weighted by atomic mass is 16.2. The van der Waals surface area contributed by atoms with E-state index in [-0.39, 0.29) is 0 Å². The molecule has 0 radical (unpaired) electrons. The topological polar surface area (TPSA) is 20.3 Å². The molecule has 0 bridgehead atoms. The Kier molecular flexibility index (Phi) is 1.85. The van der Waals surface area contributed by atoms with Crippen LogP contribution in [-0.2, 0) is 4.79 Å². The van der Waals surface area contributed by atoms with E-state index in [0.29, 0.717) is 11.9 Å². The molecule has 12 heavy (non-hydrogen) atoms. The molecule has 0 aliphatic carbocycles.